The fourth-order valence-corrected chi connectivity index (χ4v) is 3.16. The minimum absolute atomic E-state index is 0.0493. The molecule has 3 heterocycles. The van der Waals surface area contributed by atoms with Crippen molar-refractivity contribution in [1.82, 2.24) is 14.7 Å². The number of hydrogen-bond donors (Lipinski definition) is 1. The molecule has 3 amide bonds. The minimum Gasteiger partial charge on any atom is -0.389 e. The molecule has 2 atom stereocenters. The summed E-state index contributed by atoms with van der Waals surface area (Å²) in [5.74, 6) is 0.646. The summed E-state index contributed by atoms with van der Waals surface area (Å²) in [5, 5.41) is 10.0. The number of amides is 3. The highest BCUT2D eigenvalue weighted by atomic mass is 35.5. The zero-order valence-electron chi connectivity index (χ0n) is 13.7. The molecule has 1 N–H and O–H groups in total. The van der Waals surface area contributed by atoms with E-state index in [1.807, 2.05) is 4.58 Å². The SMILES string of the molecule is CN1C(=O)C2C(=NC(=[N+]3CCOCC3)N2CC(O)CCl)N(C)C1=O. The van der Waals surface area contributed by atoms with Gasteiger partial charge in [-0.15, -0.1) is 11.6 Å². The number of aliphatic hydroxyl groups excluding tert-OH is 1. The number of morpholine rings is 1. The lowest BCUT2D eigenvalue weighted by Crippen LogP contribution is -2.63. The molecule has 2 unspecified atom stereocenters. The zero-order chi connectivity index (χ0) is 17.4. The number of rotatable bonds is 3. The summed E-state index contributed by atoms with van der Waals surface area (Å²) < 4.78 is 7.36. The van der Waals surface area contributed by atoms with Crippen molar-refractivity contribution in [2.45, 2.75) is 12.1 Å². The molecule has 0 aromatic heterocycles. The molecule has 3 rings (SSSR count). The van der Waals surface area contributed by atoms with Gasteiger partial charge in [-0.25, -0.2) is 9.69 Å². The number of aliphatic imine (C=N–C) groups is 1. The van der Waals surface area contributed by atoms with Gasteiger partial charge in [0.05, 0.1) is 44.8 Å². The van der Waals surface area contributed by atoms with Gasteiger partial charge < -0.3 is 9.84 Å². The first-order chi connectivity index (χ1) is 11.5. The van der Waals surface area contributed by atoms with Crippen molar-refractivity contribution in [3.8, 4) is 0 Å². The van der Waals surface area contributed by atoms with Crippen molar-refractivity contribution >= 4 is 35.3 Å². The maximum Gasteiger partial charge on any atom is 0.392 e. The Kier molecular flexibility index (Phi) is 4.75. The van der Waals surface area contributed by atoms with Crippen LogP contribution in [-0.4, -0.2) is 113 Å². The Labute approximate surface area is 144 Å². The lowest BCUT2D eigenvalue weighted by atomic mass is 10.1. The van der Waals surface area contributed by atoms with Crippen molar-refractivity contribution in [2.75, 3.05) is 52.8 Å². The van der Waals surface area contributed by atoms with Crippen molar-refractivity contribution in [1.29, 1.82) is 0 Å². The number of aliphatic hydroxyl groups is 1. The van der Waals surface area contributed by atoms with Crippen LogP contribution in [0.4, 0.5) is 4.79 Å². The fourth-order valence-electron chi connectivity index (χ4n) is 3.06. The molecule has 0 aliphatic carbocycles. The van der Waals surface area contributed by atoms with Crippen LogP contribution in [0.25, 0.3) is 0 Å². The van der Waals surface area contributed by atoms with Crippen LogP contribution in [-0.2, 0) is 9.53 Å². The second kappa shape index (κ2) is 6.66. The molecule has 10 heteroatoms. The van der Waals surface area contributed by atoms with E-state index in [9.17, 15) is 14.7 Å². The number of fused-ring (bicyclic) bond motifs is 1. The molecule has 3 aliphatic rings. The zero-order valence-corrected chi connectivity index (χ0v) is 14.4. The first-order valence-electron chi connectivity index (χ1n) is 7.80. The summed E-state index contributed by atoms with van der Waals surface area (Å²) >= 11 is 5.74. The van der Waals surface area contributed by atoms with Crippen LogP contribution in [0.3, 0.4) is 0 Å². The number of guanidine groups is 1. The number of ether oxygens (including phenoxy) is 1. The Balaban J connectivity index is 2.03. The summed E-state index contributed by atoms with van der Waals surface area (Å²) in [6.45, 7) is 2.55. The first-order valence-corrected chi connectivity index (χ1v) is 8.33. The molecule has 132 valence electrons. The lowest BCUT2D eigenvalue weighted by molar-refractivity contribution is -0.554. The quantitative estimate of drug-likeness (QED) is 0.495. The molecule has 2 saturated heterocycles. The van der Waals surface area contributed by atoms with Gasteiger partial charge in [-0.1, -0.05) is 4.99 Å². The highest BCUT2D eigenvalue weighted by molar-refractivity contribution is 6.25. The van der Waals surface area contributed by atoms with Gasteiger partial charge in [0.15, 0.2) is 0 Å². The monoisotopic (exact) mass is 358 g/mol. The number of alkyl halides is 1. The maximum atomic E-state index is 12.7. The second-order valence-corrected chi connectivity index (χ2v) is 6.28. The average molecular weight is 359 g/mol. The number of amidine groups is 1. The standard InChI is InChI=1S/C14H21ClN5O4/c1-17-11-10(12(22)18(2)14(17)23)20(8-9(21)7-15)13(16-11)19-3-5-24-6-4-19/h9-10,21H,3-8H2,1-2H3/q+1. The number of carbonyl (C=O) groups is 2. The Morgan fingerprint density at radius 3 is 2.62 bits per heavy atom. The number of halogens is 1. The van der Waals surface area contributed by atoms with E-state index >= 15 is 0 Å². The highest BCUT2D eigenvalue weighted by Crippen LogP contribution is 2.23. The Hall–Kier alpha value is -1.71. The summed E-state index contributed by atoms with van der Waals surface area (Å²) in [6, 6.07) is -1.15. The topological polar surface area (TPSA) is 88.7 Å². The van der Waals surface area contributed by atoms with Gasteiger partial charge in [0.2, 0.25) is 11.9 Å². The summed E-state index contributed by atoms with van der Waals surface area (Å²) in [5.41, 5.74) is 0. The van der Waals surface area contributed by atoms with E-state index in [2.05, 4.69) is 4.99 Å². The van der Waals surface area contributed by atoms with Crippen LogP contribution in [0.2, 0.25) is 0 Å². The highest BCUT2D eigenvalue weighted by Gasteiger charge is 2.55. The molecule has 3 aliphatic heterocycles. The summed E-state index contributed by atoms with van der Waals surface area (Å²) in [6.07, 6.45) is -0.807. The van der Waals surface area contributed by atoms with Crippen LogP contribution >= 0.6 is 11.6 Å². The smallest absolute Gasteiger partial charge is 0.389 e. The van der Waals surface area contributed by atoms with Crippen LogP contribution < -0.4 is 0 Å². The minimum atomic E-state index is -0.807. The third-order valence-corrected chi connectivity index (χ3v) is 4.75. The molecule has 0 spiro atoms. The molecular weight excluding hydrogens is 338 g/mol. The number of urea groups is 1. The van der Waals surface area contributed by atoms with Gasteiger partial charge >= 0.3 is 12.0 Å². The summed E-state index contributed by atoms with van der Waals surface area (Å²) in [4.78, 5) is 33.6. The largest absolute Gasteiger partial charge is 0.392 e. The molecular formula is C14H21ClN5O4+. The molecule has 24 heavy (non-hydrogen) atoms. The molecule has 0 saturated carbocycles. The predicted octanol–water partition coefficient (Wildman–Crippen LogP) is -1.41. The molecule has 0 aromatic rings. The van der Waals surface area contributed by atoms with Gasteiger partial charge in [-0.2, -0.15) is 0 Å². The maximum absolute atomic E-state index is 12.7. The molecule has 0 bridgehead atoms. The third kappa shape index (κ3) is 2.76. The number of β-amino-alcohol motifs (C(OH)–C–C–N with tert-alkyl or cyclic N) is 1. The van der Waals surface area contributed by atoms with Crippen molar-refractivity contribution < 1.29 is 24.0 Å². The number of hydrogen-bond acceptors (Lipinski definition) is 4. The molecule has 2 fully saturated rings. The first kappa shape index (κ1) is 17.1. The van der Waals surface area contributed by atoms with E-state index in [1.54, 1.807) is 11.9 Å². The lowest BCUT2D eigenvalue weighted by Gasteiger charge is -2.33. The molecule has 0 aromatic carbocycles. The van der Waals surface area contributed by atoms with Crippen LogP contribution in [0.1, 0.15) is 0 Å². The Morgan fingerprint density at radius 1 is 1.33 bits per heavy atom. The van der Waals surface area contributed by atoms with Crippen molar-refractivity contribution in [3.05, 3.63) is 0 Å². The van der Waals surface area contributed by atoms with Crippen LogP contribution in [0, 0.1) is 0 Å². The predicted molar refractivity (Wildman–Crippen MR) is 86.4 cm³/mol. The average Bonchev–Trinajstić information content (AvgIpc) is 2.98. The van der Waals surface area contributed by atoms with Crippen LogP contribution in [0.5, 0.6) is 0 Å². The number of nitrogens with zero attached hydrogens (tertiary/aromatic N) is 5. The number of likely N-dealkylation sites (N-methyl/N-ethyl adjacent to an activating group) is 2. The van der Waals surface area contributed by atoms with Gasteiger partial charge in [-0.05, 0) is 0 Å². The van der Waals surface area contributed by atoms with Gasteiger partial charge in [0.25, 0.3) is 5.91 Å². The molecule has 9 nitrogen and oxygen atoms in total. The van der Waals surface area contributed by atoms with Gasteiger partial charge in [0, 0.05) is 14.1 Å². The van der Waals surface area contributed by atoms with E-state index in [0.717, 1.165) is 4.90 Å². The number of carbonyl (C=O) groups excluding carboxylic acids is 2. The third-order valence-electron chi connectivity index (χ3n) is 4.39. The van der Waals surface area contributed by atoms with Crippen LogP contribution in [0.15, 0.2) is 4.99 Å². The molecule has 0 radical (unpaired) electrons. The second-order valence-electron chi connectivity index (χ2n) is 5.97. The fraction of sp³-hybridized carbons (Fsp3) is 0.714. The van der Waals surface area contributed by atoms with E-state index in [-0.39, 0.29) is 18.3 Å². The van der Waals surface area contributed by atoms with E-state index in [4.69, 9.17) is 16.3 Å². The van der Waals surface area contributed by atoms with E-state index in [1.165, 1.54) is 11.9 Å². The Morgan fingerprint density at radius 2 is 2.00 bits per heavy atom. The summed E-state index contributed by atoms with van der Waals surface area (Å²) in [7, 11) is 3.04. The van der Waals surface area contributed by atoms with Crippen molar-refractivity contribution in [2.24, 2.45) is 4.99 Å². The Bertz CT molecular complexity index is 614. The van der Waals surface area contributed by atoms with E-state index in [0.29, 0.717) is 38.1 Å². The normalized spacial score (nSPS) is 26.1. The van der Waals surface area contributed by atoms with Gasteiger partial charge in [-0.3, -0.25) is 19.2 Å². The van der Waals surface area contributed by atoms with Crippen molar-refractivity contribution in [3.63, 3.8) is 0 Å². The van der Waals surface area contributed by atoms with E-state index < -0.39 is 18.2 Å². The van der Waals surface area contributed by atoms with Gasteiger partial charge in [0.1, 0.15) is 0 Å². The number of imide groups is 1.